The number of hydrogen-bond donors (Lipinski definition) is 1. The normalized spacial score (nSPS) is 11.9. The predicted octanol–water partition coefficient (Wildman–Crippen LogP) is 4.70. The molecule has 0 saturated heterocycles. The predicted molar refractivity (Wildman–Crippen MR) is 122 cm³/mol. The minimum Gasteiger partial charge on any atom is -0.487 e. The number of alkyl carbamates (subject to hydrolysis) is 1. The fourth-order valence-electron chi connectivity index (χ4n) is 2.89. The van der Waals surface area contributed by atoms with E-state index in [9.17, 15) is 19.7 Å². The number of nitrogens with zero attached hydrogens (tertiary/aromatic N) is 1. The molecule has 0 unspecified atom stereocenters. The van der Waals surface area contributed by atoms with Gasteiger partial charge >= 0.3 is 17.7 Å². The lowest BCUT2D eigenvalue weighted by Crippen LogP contribution is -2.44. The van der Waals surface area contributed by atoms with Gasteiger partial charge in [-0.3, -0.25) is 10.1 Å². The van der Waals surface area contributed by atoms with E-state index in [1.165, 1.54) is 6.07 Å². The number of amides is 1. The van der Waals surface area contributed by atoms with E-state index in [4.69, 9.17) is 14.2 Å². The maximum atomic E-state index is 12.6. The van der Waals surface area contributed by atoms with Crippen LogP contribution in [0.4, 0.5) is 10.5 Å². The highest BCUT2D eigenvalue weighted by Crippen LogP contribution is 2.28. The number of aryl methyl sites for hydroxylation is 1. The van der Waals surface area contributed by atoms with Crippen LogP contribution in [0, 0.1) is 17.0 Å². The number of nitrogens with one attached hydrogen (secondary N) is 1. The van der Waals surface area contributed by atoms with Gasteiger partial charge in [0, 0.05) is 6.07 Å². The summed E-state index contributed by atoms with van der Waals surface area (Å²) in [6, 6.07) is 12.8. The second kappa shape index (κ2) is 11.8. The van der Waals surface area contributed by atoms with E-state index in [1.807, 2.05) is 30.3 Å². The van der Waals surface area contributed by atoms with E-state index in [-0.39, 0.29) is 31.1 Å². The number of carbonyl (C=O) groups is 2. The Morgan fingerprint density at radius 3 is 2.45 bits per heavy atom. The molecule has 0 bridgehead atoms. The molecular weight excluding hydrogens is 428 g/mol. The minimum absolute atomic E-state index is 0.0633. The van der Waals surface area contributed by atoms with Crippen LogP contribution >= 0.6 is 0 Å². The van der Waals surface area contributed by atoms with Gasteiger partial charge in [-0.1, -0.05) is 36.4 Å². The van der Waals surface area contributed by atoms with Gasteiger partial charge in [-0.25, -0.2) is 9.59 Å². The van der Waals surface area contributed by atoms with Gasteiger partial charge in [-0.2, -0.15) is 0 Å². The van der Waals surface area contributed by atoms with Gasteiger partial charge in [0.1, 0.15) is 18.2 Å². The Labute approximate surface area is 193 Å². The van der Waals surface area contributed by atoms with E-state index in [0.29, 0.717) is 6.42 Å². The molecule has 1 amide bonds. The van der Waals surface area contributed by atoms with Crippen LogP contribution < -0.4 is 10.1 Å². The van der Waals surface area contributed by atoms with Crippen molar-refractivity contribution in [3.63, 3.8) is 0 Å². The zero-order valence-corrected chi connectivity index (χ0v) is 19.3. The quantitative estimate of drug-likeness (QED) is 0.237. The van der Waals surface area contributed by atoms with Crippen LogP contribution in [-0.2, 0) is 20.9 Å². The molecule has 2 aromatic rings. The van der Waals surface area contributed by atoms with Gasteiger partial charge in [0.05, 0.1) is 11.5 Å². The molecule has 1 atom stereocenters. The average Bonchev–Trinajstić information content (AvgIpc) is 2.73. The first-order valence-corrected chi connectivity index (χ1v) is 10.6. The van der Waals surface area contributed by atoms with Gasteiger partial charge in [0.2, 0.25) is 0 Å². The molecule has 0 aliphatic carbocycles. The fraction of sp³-hybridized carbons (Fsp3) is 0.417. The third-order valence-electron chi connectivity index (χ3n) is 4.40. The zero-order chi connectivity index (χ0) is 24.4. The van der Waals surface area contributed by atoms with E-state index in [0.717, 1.165) is 11.1 Å². The number of benzene rings is 2. The van der Waals surface area contributed by atoms with Crippen molar-refractivity contribution in [1.29, 1.82) is 0 Å². The van der Waals surface area contributed by atoms with Gasteiger partial charge in [-0.05, 0) is 57.7 Å². The molecule has 0 radical (unpaired) electrons. The van der Waals surface area contributed by atoms with Crippen LogP contribution in [0.2, 0.25) is 0 Å². The molecule has 9 nitrogen and oxygen atoms in total. The van der Waals surface area contributed by atoms with Crippen LogP contribution in [0.15, 0.2) is 48.5 Å². The number of esters is 1. The third kappa shape index (κ3) is 9.18. The summed E-state index contributed by atoms with van der Waals surface area (Å²) in [5, 5.41) is 13.7. The van der Waals surface area contributed by atoms with Crippen LogP contribution in [0.3, 0.4) is 0 Å². The largest absolute Gasteiger partial charge is 0.487 e. The maximum absolute atomic E-state index is 12.6. The monoisotopic (exact) mass is 458 g/mol. The van der Waals surface area contributed by atoms with Crippen molar-refractivity contribution >= 4 is 17.7 Å². The number of nitro benzene ring substituents is 1. The van der Waals surface area contributed by atoms with Crippen molar-refractivity contribution < 1.29 is 28.7 Å². The summed E-state index contributed by atoms with van der Waals surface area (Å²) in [6.07, 6.45) is -0.201. The number of nitro groups is 1. The molecule has 33 heavy (non-hydrogen) atoms. The Hall–Kier alpha value is -3.62. The van der Waals surface area contributed by atoms with Crippen LogP contribution in [0.25, 0.3) is 0 Å². The van der Waals surface area contributed by atoms with E-state index in [2.05, 4.69) is 5.32 Å². The molecule has 178 valence electrons. The summed E-state index contributed by atoms with van der Waals surface area (Å²) in [4.78, 5) is 35.5. The van der Waals surface area contributed by atoms with Crippen molar-refractivity contribution in [2.45, 2.75) is 58.8 Å². The Morgan fingerprint density at radius 1 is 1.12 bits per heavy atom. The van der Waals surface area contributed by atoms with Crippen molar-refractivity contribution in [2.75, 3.05) is 6.61 Å². The average molecular weight is 459 g/mol. The fourth-order valence-corrected chi connectivity index (χ4v) is 2.89. The molecule has 0 saturated carbocycles. The standard InChI is InChI=1S/C24H30N2O7/c1-17-12-13-20(26(29)30)21(15-17)31-14-8-11-19(22(27)33-24(2,3)4)25-23(28)32-16-18-9-6-5-7-10-18/h5-7,9-10,12-13,15,19H,8,11,14,16H2,1-4H3,(H,25,28)/t19-/m0/s1. The molecule has 0 aliphatic rings. The van der Waals surface area contributed by atoms with Gasteiger partial charge in [0.15, 0.2) is 5.75 Å². The Bertz CT molecular complexity index is 955. The van der Waals surface area contributed by atoms with E-state index in [1.54, 1.807) is 39.8 Å². The number of ether oxygens (including phenoxy) is 3. The van der Waals surface area contributed by atoms with Crippen LogP contribution in [0.5, 0.6) is 5.75 Å². The zero-order valence-electron chi connectivity index (χ0n) is 19.3. The molecule has 0 aromatic heterocycles. The second-order valence-corrected chi connectivity index (χ2v) is 8.51. The molecule has 0 heterocycles. The summed E-state index contributed by atoms with van der Waals surface area (Å²) in [7, 11) is 0. The van der Waals surface area contributed by atoms with E-state index < -0.39 is 28.6 Å². The van der Waals surface area contributed by atoms with Crippen molar-refractivity contribution in [3.05, 3.63) is 69.8 Å². The van der Waals surface area contributed by atoms with Crippen LogP contribution in [0.1, 0.15) is 44.7 Å². The number of rotatable bonds is 10. The number of hydrogen-bond acceptors (Lipinski definition) is 7. The van der Waals surface area contributed by atoms with Crippen molar-refractivity contribution in [1.82, 2.24) is 5.32 Å². The lowest BCUT2D eigenvalue weighted by molar-refractivity contribution is -0.385. The first-order valence-electron chi connectivity index (χ1n) is 10.6. The SMILES string of the molecule is Cc1ccc([N+](=O)[O-])c(OCCC[C@H](NC(=O)OCc2ccccc2)C(=O)OC(C)(C)C)c1. The smallest absolute Gasteiger partial charge is 0.408 e. The van der Waals surface area contributed by atoms with Crippen molar-refractivity contribution in [3.8, 4) is 5.75 Å². The Kier molecular flexibility index (Phi) is 9.20. The molecule has 2 aromatic carbocycles. The molecule has 0 spiro atoms. The second-order valence-electron chi connectivity index (χ2n) is 8.51. The maximum Gasteiger partial charge on any atom is 0.408 e. The highest BCUT2D eigenvalue weighted by Gasteiger charge is 2.27. The van der Waals surface area contributed by atoms with E-state index >= 15 is 0 Å². The van der Waals surface area contributed by atoms with Gasteiger partial charge in [0.25, 0.3) is 0 Å². The highest BCUT2D eigenvalue weighted by molar-refractivity contribution is 5.81. The first kappa shape index (κ1) is 25.6. The summed E-state index contributed by atoms with van der Waals surface area (Å²) < 4.78 is 16.2. The molecule has 0 fully saturated rings. The molecular formula is C24H30N2O7. The summed E-state index contributed by atoms with van der Waals surface area (Å²) in [6.45, 7) is 7.18. The van der Waals surface area contributed by atoms with Crippen molar-refractivity contribution in [2.24, 2.45) is 0 Å². The minimum atomic E-state index is -0.955. The summed E-state index contributed by atoms with van der Waals surface area (Å²) in [5.41, 5.74) is 0.774. The first-order chi connectivity index (χ1) is 15.5. The Morgan fingerprint density at radius 2 is 1.82 bits per heavy atom. The van der Waals surface area contributed by atoms with Gasteiger partial charge < -0.3 is 19.5 Å². The molecule has 0 aliphatic heterocycles. The molecule has 9 heteroatoms. The topological polar surface area (TPSA) is 117 Å². The van der Waals surface area contributed by atoms with Gasteiger partial charge in [-0.15, -0.1) is 0 Å². The number of carbonyl (C=O) groups excluding carboxylic acids is 2. The summed E-state index contributed by atoms with van der Waals surface area (Å²) >= 11 is 0. The third-order valence-corrected chi connectivity index (χ3v) is 4.40. The molecule has 2 rings (SSSR count). The Balaban J connectivity index is 1.95. The lowest BCUT2D eigenvalue weighted by Gasteiger charge is -2.24. The summed E-state index contributed by atoms with van der Waals surface area (Å²) in [5.74, 6) is -0.440. The van der Waals surface area contributed by atoms with Crippen LogP contribution in [-0.4, -0.2) is 35.2 Å². The highest BCUT2D eigenvalue weighted by atomic mass is 16.6. The lowest BCUT2D eigenvalue weighted by atomic mass is 10.1. The molecule has 1 N–H and O–H groups in total.